The fourth-order valence-corrected chi connectivity index (χ4v) is 3.17. The van der Waals surface area contributed by atoms with Crippen molar-refractivity contribution in [1.82, 2.24) is 10.4 Å². The van der Waals surface area contributed by atoms with Crippen LogP contribution in [0.3, 0.4) is 0 Å². The first-order chi connectivity index (χ1) is 11.8. The number of hydrazone groups is 1. The largest absolute Gasteiger partial charge is 0.271 e. The molecule has 0 aliphatic rings. The molecule has 2 rings (SSSR count). The number of pyridine rings is 1. The van der Waals surface area contributed by atoms with Crippen molar-refractivity contribution in [3.63, 3.8) is 0 Å². The molecule has 0 unspecified atom stereocenters. The average molecular weight is 360 g/mol. The molecule has 0 bridgehead atoms. The maximum atomic E-state index is 12.1. The van der Waals surface area contributed by atoms with Crippen LogP contribution < -0.4 is 9.73 Å². The molecule has 0 fully saturated rings. The number of carbonyl (C=O) groups is 1. The average Bonchev–Trinajstić information content (AvgIpc) is 2.53. The van der Waals surface area contributed by atoms with Crippen molar-refractivity contribution in [3.8, 4) is 0 Å². The maximum Gasteiger partial charge on any atom is 0.260 e. The number of nitrogens with one attached hydrogen (secondary N) is 1. The van der Waals surface area contributed by atoms with Gasteiger partial charge < -0.3 is 0 Å². The van der Waals surface area contributed by atoms with Gasteiger partial charge in [0.2, 0.25) is 10.0 Å². The zero-order valence-corrected chi connectivity index (χ0v) is 15.1. The van der Waals surface area contributed by atoms with Crippen molar-refractivity contribution >= 4 is 27.8 Å². The number of rotatable bonds is 6. The highest BCUT2D eigenvalue weighted by molar-refractivity contribution is 7.92. The molecule has 132 valence electrons. The Hall–Kier alpha value is -2.74. The maximum absolute atomic E-state index is 12.1. The van der Waals surface area contributed by atoms with E-state index < -0.39 is 15.9 Å². The van der Waals surface area contributed by atoms with E-state index >= 15 is 0 Å². The van der Waals surface area contributed by atoms with Crippen molar-refractivity contribution < 1.29 is 13.2 Å². The van der Waals surface area contributed by atoms with Gasteiger partial charge in [-0.15, -0.1) is 0 Å². The van der Waals surface area contributed by atoms with Crippen LogP contribution in [0.5, 0.6) is 0 Å². The first-order valence-corrected chi connectivity index (χ1v) is 9.39. The smallest absolute Gasteiger partial charge is 0.260 e. The molecule has 25 heavy (non-hydrogen) atoms. The summed E-state index contributed by atoms with van der Waals surface area (Å²) < 4.78 is 25.3. The molecular formula is C17H20N4O3S. The highest BCUT2D eigenvalue weighted by atomic mass is 32.2. The van der Waals surface area contributed by atoms with Crippen LogP contribution in [0.4, 0.5) is 5.69 Å². The zero-order chi connectivity index (χ0) is 18.4. The van der Waals surface area contributed by atoms with Gasteiger partial charge in [0.05, 0.1) is 18.2 Å². The minimum absolute atomic E-state index is 0.351. The Morgan fingerprint density at radius 1 is 1.24 bits per heavy atom. The highest BCUT2D eigenvalue weighted by Gasteiger charge is 2.22. The van der Waals surface area contributed by atoms with Crippen LogP contribution in [-0.4, -0.2) is 38.3 Å². The van der Waals surface area contributed by atoms with E-state index in [1.54, 1.807) is 43.6 Å². The molecule has 0 saturated carbocycles. The Kier molecular flexibility index (Phi) is 5.87. The predicted octanol–water partition coefficient (Wildman–Crippen LogP) is 1.61. The van der Waals surface area contributed by atoms with Gasteiger partial charge in [0, 0.05) is 12.4 Å². The second kappa shape index (κ2) is 7.89. The van der Waals surface area contributed by atoms with Gasteiger partial charge in [0.1, 0.15) is 6.54 Å². The Morgan fingerprint density at radius 2 is 1.92 bits per heavy atom. The van der Waals surface area contributed by atoms with E-state index in [9.17, 15) is 13.2 Å². The molecule has 1 amide bonds. The van der Waals surface area contributed by atoms with E-state index in [2.05, 4.69) is 15.5 Å². The summed E-state index contributed by atoms with van der Waals surface area (Å²) in [7, 11) is -3.61. The minimum Gasteiger partial charge on any atom is -0.271 e. The van der Waals surface area contributed by atoms with Crippen LogP contribution in [0.2, 0.25) is 0 Å². The molecule has 7 nitrogen and oxygen atoms in total. The SMILES string of the molecule is Cc1ccc(N(CC(=O)N/N=C\c2ccncc2)S(C)(=O)=O)c(C)c1. The van der Waals surface area contributed by atoms with Gasteiger partial charge in [0.15, 0.2) is 0 Å². The second-order valence-corrected chi connectivity index (χ2v) is 7.54. The second-order valence-electron chi connectivity index (χ2n) is 5.63. The van der Waals surface area contributed by atoms with Crippen molar-refractivity contribution in [3.05, 3.63) is 59.4 Å². The molecule has 0 radical (unpaired) electrons. The van der Waals surface area contributed by atoms with E-state index in [0.717, 1.165) is 27.3 Å². The molecule has 0 spiro atoms. The van der Waals surface area contributed by atoms with Gasteiger partial charge in [0.25, 0.3) is 5.91 Å². The molecular weight excluding hydrogens is 340 g/mol. The number of hydrogen-bond acceptors (Lipinski definition) is 5. The molecule has 0 aliphatic carbocycles. The summed E-state index contributed by atoms with van der Waals surface area (Å²) in [5.41, 5.74) is 5.37. The number of amides is 1. The van der Waals surface area contributed by atoms with E-state index in [-0.39, 0.29) is 6.54 Å². The standard InChI is InChI=1S/C17H20N4O3S/c1-13-4-5-16(14(2)10-13)21(25(3,23)24)12-17(22)20-19-11-15-6-8-18-9-7-15/h4-11H,12H2,1-3H3,(H,20,22)/b19-11-. The molecule has 1 aromatic heterocycles. The van der Waals surface area contributed by atoms with Crippen LogP contribution in [0.25, 0.3) is 0 Å². The van der Waals surface area contributed by atoms with Gasteiger partial charge in [-0.3, -0.25) is 14.1 Å². The first-order valence-electron chi connectivity index (χ1n) is 7.54. The van der Waals surface area contributed by atoms with E-state index in [0.29, 0.717) is 5.69 Å². The van der Waals surface area contributed by atoms with Crippen LogP contribution in [0.15, 0.2) is 47.8 Å². The first kappa shape index (κ1) is 18.6. The lowest BCUT2D eigenvalue weighted by Crippen LogP contribution is -2.39. The summed E-state index contributed by atoms with van der Waals surface area (Å²) in [6, 6.07) is 8.83. The molecule has 0 saturated heterocycles. The normalized spacial score (nSPS) is 11.5. The van der Waals surface area contributed by atoms with Crippen molar-refractivity contribution in [2.24, 2.45) is 5.10 Å². The Morgan fingerprint density at radius 3 is 2.52 bits per heavy atom. The third kappa shape index (κ3) is 5.39. The molecule has 2 aromatic rings. The quantitative estimate of drug-likeness (QED) is 0.626. The summed E-state index contributed by atoms with van der Waals surface area (Å²) in [4.78, 5) is 16.0. The summed E-state index contributed by atoms with van der Waals surface area (Å²) in [5.74, 6) is -0.532. The fourth-order valence-electron chi connectivity index (χ4n) is 2.26. The van der Waals surface area contributed by atoms with Crippen molar-refractivity contribution in [2.45, 2.75) is 13.8 Å². The number of nitrogens with zero attached hydrogens (tertiary/aromatic N) is 3. The minimum atomic E-state index is -3.61. The number of aromatic nitrogens is 1. The zero-order valence-electron chi connectivity index (χ0n) is 14.3. The third-order valence-corrected chi connectivity index (χ3v) is 4.54. The van der Waals surface area contributed by atoms with Crippen LogP contribution in [0.1, 0.15) is 16.7 Å². The number of carbonyl (C=O) groups excluding carboxylic acids is 1. The summed E-state index contributed by atoms with van der Waals surface area (Å²) >= 11 is 0. The molecule has 1 N–H and O–H groups in total. The monoisotopic (exact) mass is 360 g/mol. The summed E-state index contributed by atoms with van der Waals surface area (Å²) in [5, 5.41) is 3.83. The fraction of sp³-hybridized carbons (Fsp3) is 0.235. The number of benzene rings is 1. The molecule has 0 atom stereocenters. The molecule has 1 heterocycles. The van der Waals surface area contributed by atoms with Gasteiger partial charge in [-0.2, -0.15) is 5.10 Å². The van der Waals surface area contributed by atoms with E-state index in [4.69, 9.17) is 0 Å². The van der Waals surface area contributed by atoms with Gasteiger partial charge in [-0.1, -0.05) is 17.7 Å². The van der Waals surface area contributed by atoms with Gasteiger partial charge >= 0.3 is 0 Å². The topological polar surface area (TPSA) is 91.7 Å². The van der Waals surface area contributed by atoms with Crippen LogP contribution >= 0.6 is 0 Å². The summed E-state index contributed by atoms with van der Waals surface area (Å²) in [6.07, 6.45) is 5.74. The predicted molar refractivity (Wildman–Crippen MR) is 98.1 cm³/mol. The molecule has 1 aromatic carbocycles. The lowest BCUT2D eigenvalue weighted by atomic mass is 10.1. The Labute approximate surface area is 147 Å². The number of anilines is 1. The Bertz CT molecular complexity index is 880. The van der Waals surface area contributed by atoms with E-state index in [1.165, 1.54) is 6.21 Å². The highest BCUT2D eigenvalue weighted by Crippen LogP contribution is 2.23. The van der Waals surface area contributed by atoms with Crippen molar-refractivity contribution in [1.29, 1.82) is 0 Å². The number of aryl methyl sites for hydroxylation is 2. The van der Waals surface area contributed by atoms with Gasteiger partial charge in [-0.05, 0) is 43.2 Å². The van der Waals surface area contributed by atoms with Crippen LogP contribution in [0, 0.1) is 13.8 Å². The molecule has 0 aliphatic heterocycles. The van der Waals surface area contributed by atoms with E-state index in [1.807, 2.05) is 13.0 Å². The van der Waals surface area contributed by atoms with Crippen LogP contribution in [-0.2, 0) is 14.8 Å². The number of sulfonamides is 1. The molecule has 8 heteroatoms. The lowest BCUT2D eigenvalue weighted by molar-refractivity contribution is -0.119. The summed E-state index contributed by atoms with van der Waals surface area (Å²) in [6.45, 7) is 3.37. The lowest BCUT2D eigenvalue weighted by Gasteiger charge is -2.23. The number of hydrogen-bond donors (Lipinski definition) is 1. The van der Waals surface area contributed by atoms with Crippen molar-refractivity contribution in [2.75, 3.05) is 17.1 Å². The third-order valence-electron chi connectivity index (χ3n) is 3.42. The van der Waals surface area contributed by atoms with Gasteiger partial charge in [-0.25, -0.2) is 13.8 Å². The Balaban J connectivity index is 2.12.